The van der Waals surface area contributed by atoms with Gasteiger partial charge in [-0.3, -0.25) is 0 Å². The van der Waals surface area contributed by atoms with E-state index in [1.165, 1.54) is 0 Å². The highest BCUT2D eigenvalue weighted by atomic mass is 79.9. The van der Waals surface area contributed by atoms with Crippen molar-refractivity contribution in [2.24, 2.45) is 0 Å². The highest BCUT2D eigenvalue weighted by molar-refractivity contribution is 9.10. The topological polar surface area (TPSA) is 41.5 Å². The zero-order valence-electron chi connectivity index (χ0n) is 10.0. The molecule has 17 heavy (non-hydrogen) atoms. The predicted molar refractivity (Wildman–Crippen MR) is 71.1 cm³/mol. The second-order valence-electron chi connectivity index (χ2n) is 4.75. The van der Waals surface area contributed by atoms with E-state index >= 15 is 0 Å². The van der Waals surface area contributed by atoms with Crippen LogP contribution in [0.4, 0.5) is 0 Å². The Morgan fingerprint density at radius 1 is 1.53 bits per heavy atom. The standard InChI is InChI=1S/C13H18BrNO2/c1-13(6-3-7-17-13)9-15-8-10-4-2-5-11(14)12(10)16/h2,4-5,15-16H,3,6-9H2,1H3. The first-order chi connectivity index (χ1) is 8.11. The number of phenols is 1. The van der Waals surface area contributed by atoms with Crippen LogP contribution >= 0.6 is 15.9 Å². The number of ether oxygens (including phenoxy) is 1. The van der Waals surface area contributed by atoms with E-state index in [9.17, 15) is 5.11 Å². The van der Waals surface area contributed by atoms with Gasteiger partial charge in [0.2, 0.25) is 0 Å². The molecule has 0 radical (unpaired) electrons. The summed E-state index contributed by atoms with van der Waals surface area (Å²) in [4.78, 5) is 0. The summed E-state index contributed by atoms with van der Waals surface area (Å²) in [6.07, 6.45) is 2.24. The Morgan fingerprint density at radius 3 is 3.06 bits per heavy atom. The lowest BCUT2D eigenvalue weighted by Crippen LogP contribution is -2.36. The molecule has 0 aliphatic carbocycles. The molecular weight excluding hydrogens is 282 g/mol. The van der Waals surface area contributed by atoms with E-state index in [0.717, 1.165) is 36.0 Å². The van der Waals surface area contributed by atoms with Crippen LogP contribution in [0.1, 0.15) is 25.3 Å². The largest absolute Gasteiger partial charge is 0.506 e. The molecule has 1 atom stereocenters. The van der Waals surface area contributed by atoms with Crippen LogP contribution in [0, 0.1) is 0 Å². The molecule has 2 rings (SSSR count). The Kier molecular flexibility index (Phi) is 4.07. The Hall–Kier alpha value is -0.580. The molecule has 1 aliphatic heterocycles. The zero-order chi connectivity index (χ0) is 12.3. The van der Waals surface area contributed by atoms with Crippen LogP contribution in [-0.2, 0) is 11.3 Å². The molecule has 1 fully saturated rings. The van der Waals surface area contributed by atoms with Gasteiger partial charge in [0.05, 0.1) is 10.1 Å². The van der Waals surface area contributed by atoms with Crippen molar-refractivity contribution in [2.45, 2.75) is 31.9 Å². The number of phenolic OH excluding ortho intramolecular Hbond substituents is 1. The van der Waals surface area contributed by atoms with E-state index in [2.05, 4.69) is 28.2 Å². The molecule has 1 saturated heterocycles. The highest BCUT2D eigenvalue weighted by Gasteiger charge is 2.29. The molecule has 0 spiro atoms. The van der Waals surface area contributed by atoms with Crippen molar-refractivity contribution in [3.05, 3.63) is 28.2 Å². The normalized spacial score (nSPS) is 24.1. The lowest BCUT2D eigenvalue weighted by Gasteiger charge is -2.23. The highest BCUT2D eigenvalue weighted by Crippen LogP contribution is 2.28. The van der Waals surface area contributed by atoms with Gasteiger partial charge in [-0.05, 0) is 41.8 Å². The average Bonchev–Trinajstić information content (AvgIpc) is 2.72. The van der Waals surface area contributed by atoms with Gasteiger partial charge in [0.15, 0.2) is 0 Å². The molecule has 94 valence electrons. The Labute approximate surface area is 110 Å². The fraction of sp³-hybridized carbons (Fsp3) is 0.538. The molecule has 1 heterocycles. The molecule has 1 aliphatic rings. The fourth-order valence-corrected chi connectivity index (χ4v) is 2.55. The summed E-state index contributed by atoms with van der Waals surface area (Å²) in [6, 6.07) is 5.68. The van der Waals surface area contributed by atoms with Crippen molar-refractivity contribution in [1.82, 2.24) is 5.32 Å². The second-order valence-corrected chi connectivity index (χ2v) is 5.61. The van der Waals surface area contributed by atoms with Gasteiger partial charge in [-0.15, -0.1) is 0 Å². The monoisotopic (exact) mass is 299 g/mol. The van der Waals surface area contributed by atoms with Crippen LogP contribution in [0.25, 0.3) is 0 Å². The lowest BCUT2D eigenvalue weighted by atomic mass is 10.0. The van der Waals surface area contributed by atoms with Gasteiger partial charge in [0.1, 0.15) is 5.75 Å². The molecule has 0 saturated carbocycles. The van der Waals surface area contributed by atoms with Gasteiger partial charge in [0, 0.05) is 25.3 Å². The van der Waals surface area contributed by atoms with Crippen molar-refractivity contribution in [1.29, 1.82) is 0 Å². The fourth-order valence-electron chi connectivity index (χ4n) is 2.14. The summed E-state index contributed by atoms with van der Waals surface area (Å²) in [6.45, 7) is 4.47. The summed E-state index contributed by atoms with van der Waals surface area (Å²) in [5.74, 6) is 0.317. The Balaban J connectivity index is 1.88. The van der Waals surface area contributed by atoms with Crippen molar-refractivity contribution < 1.29 is 9.84 Å². The molecule has 0 amide bonds. The van der Waals surface area contributed by atoms with Crippen molar-refractivity contribution in [3.8, 4) is 5.75 Å². The molecular formula is C13H18BrNO2. The van der Waals surface area contributed by atoms with E-state index in [1.807, 2.05) is 18.2 Å². The predicted octanol–water partition coefficient (Wildman–Crippen LogP) is 2.81. The zero-order valence-corrected chi connectivity index (χ0v) is 11.6. The van der Waals surface area contributed by atoms with E-state index in [4.69, 9.17) is 4.74 Å². The number of hydrogen-bond donors (Lipinski definition) is 2. The molecule has 0 aromatic heterocycles. The van der Waals surface area contributed by atoms with Gasteiger partial charge in [-0.25, -0.2) is 0 Å². The summed E-state index contributed by atoms with van der Waals surface area (Å²) in [7, 11) is 0. The number of aromatic hydroxyl groups is 1. The van der Waals surface area contributed by atoms with Crippen molar-refractivity contribution in [3.63, 3.8) is 0 Å². The van der Waals surface area contributed by atoms with Gasteiger partial charge in [-0.1, -0.05) is 12.1 Å². The van der Waals surface area contributed by atoms with Crippen LogP contribution in [-0.4, -0.2) is 23.9 Å². The number of nitrogens with one attached hydrogen (secondary N) is 1. The van der Waals surface area contributed by atoms with Crippen LogP contribution < -0.4 is 5.32 Å². The van der Waals surface area contributed by atoms with Crippen LogP contribution in [0.3, 0.4) is 0 Å². The van der Waals surface area contributed by atoms with Crippen molar-refractivity contribution in [2.75, 3.05) is 13.2 Å². The molecule has 0 bridgehead atoms. The summed E-state index contributed by atoms with van der Waals surface area (Å²) in [5.41, 5.74) is 0.864. The van der Waals surface area contributed by atoms with E-state index in [-0.39, 0.29) is 5.60 Å². The van der Waals surface area contributed by atoms with Gasteiger partial charge >= 0.3 is 0 Å². The Morgan fingerprint density at radius 2 is 2.35 bits per heavy atom. The maximum atomic E-state index is 9.84. The molecule has 1 aromatic carbocycles. The number of para-hydroxylation sites is 1. The molecule has 1 aromatic rings. The first-order valence-electron chi connectivity index (χ1n) is 5.92. The van der Waals surface area contributed by atoms with E-state index < -0.39 is 0 Å². The lowest BCUT2D eigenvalue weighted by molar-refractivity contribution is 0.0206. The molecule has 2 N–H and O–H groups in total. The SMILES string of the molecule is CC1(CNCc2cccc(Br)c2O)CCCO1. The quantitative estimate of drug-likeness (QED) is 0.898. The molecule has 1 unspecified atom stereocenters. The minimum atomic E-state index is -0.0400. The molecule has 3 nitrogen and oxygen atoms in total. The van der Waals surface area contributed by atoms with E-state index in [0.29, 0.717) is 12.3 Å². The summed E-state index contributed by atoms with van der Waals surface area (Å²) < 4.78 is 6.43. The number of halogens is 1. The maximum absolute atomic E-state index is 9.84. The van der Waals surface area contributed by atoms with Gasteiger partial charge in [0.25, 0.3) is 0 Å². The third-order valence-electron chi connectivity index (χ3n) is 3.19. The minimum absolute atomic E-state index is 0.0400. The Bertz CT molecular complexity index is 389. The van der Waals surface area contributed by atoms with Crippen LogP contribution in [0.5, 0.6) is 5.75 Å². The van der Waals surface area contributed by atoms with Gasteiger partial charge in [-0.2, -0.15) is 0 Å². The third kappa shape index (κ3) is 3.21. The van der Waals surface area contributed by atoms with Crippen LogP contribution in [0.15, 0.2) is 22.7 Å². The number of benzene rings is 1. The summed E-state index contributed by atoms with van der Waals surface area (Å²) >= 11 is 3.31. The first-order valence-corrected chi connectivity index (χ1v) is 6.71. The number of hydrogen-bond acceptors (Lipinski definition) is 3. The van der Waals surface area contributed by atoms with Crippen molar-refractivity contribution >= 4 is 15.9 Å². The first kappa shape index (κ1) is 12.9. The summed E-state index contributed by atoms with van der Waals surface area (Å²) in [5, 5.41) is 13.2. The molecule has 4 heteroatoms. The maximum Gasteiger partial charge on any atom is 0.134 e. The minimum Gasteiger partial charge on any atom is -0.506 e. The number of rotatable bonds is 4. The van der Waals surface area contributed by atoms with Gasteiger partial charge < -0.3 is 15.2 Å². The smallest absolute Gasteiger partial charge is 0.134 e. The third-order valence-corrected chi connectivity index (χ3v) is 3.83. The average molecular weight is 300 g/mol. The second kappa shape index (κ2) is 5.38. The van der Waals surface area contributed by atoms with E-state index in [1.54, 1.807) is 0 Å². The van der Waals surface area contributed by atoms with Crippen LogP contribution in [0.2, 0.25) is 0 Å².